The normalized spacial score (nSPS) is 11.2. The molecule has 0 spiro atoms. The van der Waals surface area contributed by atoms with Crippen LogP contribution in [-0.2, 0) is 6.42 Å². The summed E-state index contributed by atoms with van der Waals surface area (Å²) in [6.45, 7) is 4.32. The summed E-state index contributed by atoms with van der Waals surface area (Å²) in [7, 11) is 0. The van der Waals surface area contributed by atoms with Crippen molar-refractivity contribution in [3.05, 3.63) is 35.4 Å². The highest BCUT2D eigenvalue weighted by Crippen LogP contribution is 2.13. The van der Waals surface area contributed by atoms with Crippen molar-refractivity contribution in [3.8, 4) is 0 Å². The molecular formula is C11H16O2. The molecule has 0 radical (unpaired) electrons. The smallest absolute Gasteiger partial charge is 0.178 e. The van der Waals surface area contributed by atoms with Crippen molar-refractivity contribution in [2.24, 2.45) is 5.92 Å². The fourth-order valence-corrected chi connectivity index (χ4v) is 1.30. The summed E-state index contributed by atoms with van der Waals surface area (Å²) < 4.78 is 0. The second kappa shape index (κ2) is 4.40. The van der Waals surface area contributed by atoms with Gasteiger partial charge < -0.3 is 10.2 Å². The standard InChI is InChI=1S/C11H16O2/c1-8(2)7-9-3-5-10(6-4-9)11(12)13/h3-6,8,11-13H,7H2,1-2H3. The van der Waals surface area contributed by atoms with Crippen LogP contribution in [0.5, 0.6) is 0 Å². The monoisotopic (exact) mass is 180 g/mol. The van der Waals surface area contributed by atoms with Gasteiger partial charge in [-0.2, -0.15) is 0 Å². The van der Waals surface area contributed by atoms with E-state index in [4.69, 9.17) is 10.2 Å². The molecule has 1 aromatic carbocycles. The zero-order valence-corrected chi connectivity index (χ0v) is 8.07. The van der Waals surface area contributed by atoms with Crippen molar-refractivity contribution in [2.45, 2.75) is 26.6 Å². The van der Waals surface area contributed by atoms with E-state index in [0.717, 1.165) is 6.42 Å². The highest BCUT2D eigenvalue weighted by Gasteiger charge is 2.02. The molecule has 0 fully saturated rings. The first kappa shape index (κ1) is 10.2. The van der Waals surface area contributed by atoms with Crippen LogP contribution in [0, 0.1) is 5.92 Å². The summed E-state index contributed by atoms with van der Waals surface area (Å²) in [5.74, 6) is 0.630. The van der Waals surface area contributed by atoms with E-state index >= 15 is 0 Å². The third-order valence-corrected chi connectivity index (χ3v) is 1.92. The molecule has 0 saturated heterocycles. The van der Waals surface area contributed by atoms with E-state index in [-0.39, 0.29) is 0 Å². The minimum Gasteiger partial charge on any atom is -0.364 e. The number of benzene rings is 1. The van der Waals surface area contributed by atoms with E-state index in [1.54, 1.807) is 12.1 Å². The Labute approximate surface area is 78.8 Å². The molecular weight excluding hydrogens is 164 g/mol. The molecule has 2 N–H and O–H groups in total. The minimum atomic E-state index is -1.35. The lowest BCUT2D eigenvalue weighted by molar-refractivity contribution is -0.0424. The summed E-state index contributed by atoms with van der Waals surface area (Å²) in [6, 6.07) is 7.38. The van der Waals surface area contributed by atoms with Crippen molar-refractivity contribution in [1.82, 2.24) is 0 Å². The molecule has 0 atom stereocenters. The second-order valence-electron chi connectivity index (χ2n) is 3.71. The molecule has 0 bridgehead atoms. The zero-order valence-electron chi connectivity index (χ0n) is 8.07. The third-order valence-electron chi connectivity index (χ3n) is 1.92. The second-order valence-corrected chi connectivity index (χ2v) is 3.71. The van der Waals surface area contributed by atoms with Crippen molar-refractivity contribution >= 4 is 0 Å². The molecule has 0 unspecified atom stereocenters. The quantitative estimate of drug-likeness (QED) is 0.697. The molecule has 0 aliphatic heterocycles. The van der Waals surface area contributed by atoms with E-state index < -0.39 is 6.29 Å². The fraction of sp³-hybridized carbons (Fsp3) is 0.455. The van der Waals surface area contributed by atoms with Crippen molar-refractivity contribution in [1.29, 1.82) is 0 Å². The third kappa shape index (κ3) is 3.17. The van der Waals surface area contributed by atoms with Gasteiger partial charge in [0.25, 0.3) is 0 Å². The first-order valence-electron chi connectivity index (χ1n) is 4.54. The van der Waals surface area contributed by atoms with E-state index in [9.17, 15) is 0 Å². The van der Waals surface area contributed by atoms with Crippen LogP contribution in [0.25, 0.3) is 0 Å². The molecule has 0 heterocycles. The Kier molecular flexibility index (Phi) is 3.46. The van der Waals surface area contributed by atoms with Crippen molar-refractivity contribution in [2.75, 3.05) is 0 Å². The number of hydrogen-bond acceptors (Lipinski definition) is 2. The van der Waals surface area contributed by atoms with Gasteiger partial charge in [0, 0.05) is 5.56 Å². The Morgan fingerprint density at radius 1 is 1.08 bits per heavy atom. The predicted molar refractivity (Wildman–Crippen MR) is 52.2 cm³/mol. The van der Waals surface area contributed by atoms with Crippen LogP contribution in [0.3, 0.4) is 0 Å². The van der Waals surface area contributed by atoms with Gasteiger partial charge in [0.15, 0.2) is 6.29 Å². The largest absolute Gasteiger partial charge is 0.364 e. The maximum Gasteiger partial charge on any atom is 0.178 e. The first-order valence-corrected chi connectivity index (χ1v) is 4.54. The average molecular weight is 180 g/mol. The number of aliphatic hydroxyl groups is 2. The first-order chi connectivity index (χ1) is 6.09. The van der Waals surface area contributed by atoms with Crippen LogP contribution in [0.4, 0.5) is 0 Å². The van der Waals surface area contributed by atoms with Crippen molar-refractivity contribution in [3.63, 3.8) is 0 Å². The zero-order chi connectivity index (χ0) is 9.84. The molecule has 1 aromatic rings. The number of rotatable bonds is 3. The molecule has 0 aromatic heterocycles. The van der Waals surface area contributed by atoms with Crippen LogP contribution >= 0.6 is 0 Å². The molecule has 2 heteroatoms. The van der Waals surface area contributed by atoms with Crippen LogP contribution in [0.1, 0.15) is 31.3 Å². The molecule has 2 nitrogen and oxygen atoms in total. The van der Waals surface area contributed by atoms with Gasteiger partial charge in [0.2, 0.25) is 0 Å². The minimum absolute atomic E-state index is 0.549. The SMILES string of the molecule is CC(C)Cc1ccc(C(O)O)cc1. The lowest BCUT2D eigenvalue weighted by atomic mass is 10.0. The highest BCUT2D eigenvalue weighted by molar-refractivity contribution is 5.23. The molecule has 0 aliphatic rings. The average Bonchev–Trinajstić information content (AvgIpc) is 2.04. The summed E-state index contributed by atoms with van der Waals surface area (Å²) in [5.41, 5.74) is 1.78. The van der Waals surface area contributed by atoms with E-state index in [1.165, 1.54) is 5.56 Å². The van der Waals surface area contributed by atoms with Gasteiger partial charge in [0.1, 0.15) is 0 Å². The Balaban J connectivity index is 2.70. The summed E-state index contributed by atoms with van der Waals surface area (Å²) in [5, 5.41) is 17.7. The highest BCUT2D eigenvalue weighted by atomic mass is 16.5. The summed E-state index contributed by atoms with van der Waals surface area (Å²) in [4.78, 5) is 0. The van der Waals surface area contributed by atoms with Crippen LogP contribution < -0.4 is 0 Å². The van der Waals surface area contributed by atoms with Gasteiger partial charge in [-0.1, -0.05) is 38.1 Å². The van der Waals surface area contributed by atoms with E-state index in [1.807, 2.05) is 12.1 Å². The molecule has 0 aliphatic carbocycles. The molecule has 1 rings (SSSR count). The van der Waals surface area contributed by atoms with Gasteiger partial charge in [0.05, 0.1) is 0 Å². The van der Waals surface area contributed by atoms with Gasteiger partial charge in [-0.05, 0) is 17.9 Å². The molecule has 0 amide bonds. The Morgan fingerprint density at radius 2 is 1.62 bits per heavy atom. The topological polar surface area (TPSA) is 40.5 Å². The Hall–Kier alpha value is -0.860. The maximum absolute atomic E-state index is 8.85. The van der Waals surface area contributed by atoms with Crippen LogP contribution in [0.2, 0.25) is 0 Å². The van der Waals surface area contributed by atoms with Gasteiger partial charge in [-0.25, -0.2) is 0 Å². The summed E-state index contributed by atoms with van der Waals surface area (Å²) in [6.07, 6.45) is -0.324. The van der Waals surface area contributed by atoms with Gasteiger partial charge in [-0.15, -0.1) is 0 Å². The summed E-state index contributed by atoms with van der Waals surface area (Å²) >= 11 is 0. The van der Waals surface area contributed by atoms with Crippen LogP contribution in [-0.4, -0.2) is 10.2 Å². The van der Waals surface area contributed by atoms with Crippen LogP contribution in [0.15, 0.2) is 24.3 Å². The molecule has 0 saturated carbocycles. The Morgan fingerprint density at radius 3 is 2.00 bits per heavy atom. The number of aliphatic hydroxyl groups excluding tert-OH is 1. The predicted octanol–water partition coefficient (Wildman–Crippen LogP) is 1.87. The van der Waals surface area contributed by atoms with Crippen molar-refractivity contribution < 1.29 is 10.2 Å². The maximum atomic E-state index is 8.85. The van der Waals surface area contributed by atoms with Gasteiger partial charge in [-0.3, -0.25) is 0 Å². The number of hydrogen-bond donors (Lipinski definition) is 2. The van der Waals surface area contributed by atoms with E-state index in [0.29, 0.717) is 11.5 Å². The lowest BCUT2D eigenvalue weighted by Crippen LogP contribution is -1.97. The lowest BCUT2D eigenvalue weighted by Gasteiger charge is -2.07. The van der Waals surface area contributed by atoms with E-state index in [2.05, 4.69) is 13.8 Å². The molecule has 13 heavy (non-hydrogen) atoms. The Bertz CT molecular complexity index is 249. The van der Waals surface area contributed by atoms with Gasteiger partial charge >= 0.3 is 0 Å². The molecule has 72 valence electrons. The fourth-order valence-electron chi connectivity index (χ4n) is 1.30.